The summed E-state index contributed by atoms with van der Waals surface area (Å²) in [5.41, 5.74) is 2.59. The summed E-state index contributed by atoms with van der Waals surface area (Å²) in [5, 5.41) is 16.8. The molecule has 0 spiro atoms. The Morgan fingerprint density at radius 3 is 2.42 bits per heavy atom. The van der Waals surface area contributed by atoms with Crippen molar-refractivity contribution in [2.24, 2.45) is 0 Å². The third-order valence-corrected chi connectivity index (χ3v) is 6.20. The fourth-order valence-electron chi connectivity index (χ4n) is 4.20. The van der Waals surface area contributed by atoms with Crippen LogP contribution in [-0.2, 0) is 33.7 Å². The van der Waals surface area contributed by atoms with Gasteiger partial charge in [0.25, 0.3) is 0 Å². The normalized spacial score (nSPS) is 15.4. The number of hydrogen-bond acceptors (Lipinski definition) is 5. The first kappa shape index (κ1) is 27.7. The summed E-state index contributed by atoms with van der Waals surface area (Å²) in [6.07, 6.45) is -0.0809. The molecule has 0 unspecified atom stereocenters. The van der Waals surface area contributed by atoms with Crippen molar-refractivity contribution in [3.8, 4) is 0 Å². The van der Waals surface area contributed by atoms with Gasteiger partial charge in [0.2, 0.25) is 11.8 Å². The SMILES string of the molecule is CCc1cccc(CNC[C@H](O)[C@H](Cc2cc(F)cc(F)c2)NC(=O)CCC(=O)N2CCOCC2)c1. The fraction of sp³-hybridized carbons (Fsp3) is 0.481. The van der Waals surface area contributed by atoms with Crippen molar-refractivity contribution in [3.63, 3.8) is 0 Å². The molecule has 1 heterocycles. The molecule has 1 aliphatic rings. The lowest BCUT2D eigenvalue weighted by Crippen LogP contribution is -2.49. The van der Waals surface area contributed by atoms with E-state index in [0.717, 1.165) is 18.1 Å². The predicted octanol–water partition coefficient (Wildman–Crippen LogP) is 2.34. The minimum atomic E-state index is -1.02. The van der Waals surface area contributed by atoms with Gasteiger partial charge in [0, 0.05) is 45.1 Å². The van der Waals surface area contributed by atoms with Gasteiger partial charge in [0.1, 0.15) is 11.6 Å². The Morgan fingerprint density at radius 1 is 1.03 bits per heavy atom. The number of carbonyl (C=O) groups excluding carboxylic acids is 2. The summed E-state index contributed by atoms with van der Waals surface area (Å²) in [4.78, 5) is 26.7. The van der Waals surface area contributed by atoms with E-state index >= 15 is 0 Å². The Balaban J connectivity index is 1.58. The van der Waals surface area contributed by atoms with Crippen molar-refractivity contribution in [2.45, 2.75) is 51.3 Å². The van der Waals surface area contributed by atoms with Crippen LogP contribution in [0.25, 0.3) is 0 Å². The molecule has 0 radical (unpaired) electrons. The highest BCUT2D eigenvalue weighted by atomic mass is 19.1. The van der Waals surface area contributed by atoms with Crippen molar-refractivity contribution in [1.82, 2.24) is 15.5 Å². The zero-order valence-electron chi connectivity index (χ0n) is 20.6. The molecule has 2 amide bonds. The van der Waals surface area contributed by atoms with Gasteiger partial charge >= 0.3 is 0 Å². The van der Waals surface area contributed by atoms with Gasteiger partial charge in [-0.1, -0.05) is 31.2 Å². The predicted molar refractivity (Wildman–Crippen MR) is 132 cm³/mol. The van der Waals surface area contributed by atoms with E-state index in [4.69, 9.17) is 4.74 Å². The van der Waals surface area contributed by atoms with E-state index in [9.17, 15) is 23.5 Å². The van der Waals surface area contributed by atoms with E-state index in [2.05, 4.69) is 23.6 Å². The molecule has 0 saturated carbocycles. The van der Waals surface area contributed by atoms with E-state index in [-0.39, 0.29) is 31.7 Å². The van der Waals surface area contributed by atoms with Gasteiger partial charge in [-0.3, -0.25) is 9.59 Å². The Hall–Kier alpha value is -2.88. The molecule has 9 heteroatoms. The van der Waals surface area contributed by atoms with Crippen LogP contribution < -0.4 is 10.6 Å². The molecule has 2 atom stereocenters. The minimum absolute atomic E-state index is 0.0337. The van der Waals surface area contributed by atoms with Crippen molar-refractivity contribution < 1.29 is 28.2 Å². The number of aliphatic hydroxyl groups excluding tert-OH is 1. The van der Waals surface area contributed by atoms with Gasteiger partial charge < -0.3 is 25.4 Å². The summed E-state index contributed by atoms with van der Waals surface area (Å²) in [6.45, 7) is 4.71. The maximum atomic E-state index is 13.7. The number of hydrogen-bond donors (Lipinski definition) is 3. The van der Waals surface area contributed by atoms with E-state index in [1.807, 2.05) is 18.2 Å². The summed E-state index contributed by atoms with van der Waals surface area (Å²) < 4.78 is 32.7. The van der Waals surface area contributed by atoms with Crippen molar-refractivity contribution in [3.05, 3.63) is 70.8 Å². The van der Waals surface area contributed by atoms with E-state index in [1.54, 1.807) is 4.90 Å². The molecular formula is C27H35F2N3O4. The quantitative estimate of drug-likeness (QED) is 0.414. The molecule has 1 aliphatic heterocycles. The fourth-order valence-corrected chi connectivity index (χ4v) is 4.20. The Morgan fingerprint density at radius 2 is 1.72 bits per heavy atom. The lowest BCUT2D eigenvalue weighted by atomic mass is 10.00. The molecule has 0 aliphatic carbocycles. The largest absolute Gasteiger partial charge is 0.390 e. The van der Waals surface area contributed by atoms with E-state index in [1.165, 1.54) is 17.7 Å². The average Bonchev–Trinajstić information content (AvgIpc) is 2.87. The smallest absolute Gasteiger partial charge is 0.223 e. The number of nitrogens with zero attached hydrogens (tertiary/aromatic N) is 1. The molecular weight excluding hydrogens is 468 g/mol. The molecule has 0 bridgehead atoms. The third-order valence-electron chi connectivity index (χ3n) is 6.20. The number of ether oxygens (including phenoxy) is 1. The third kappa shape index (κ3) is 8.96. The highest BCUT2D eigenvalue weighted by Crippen LogP contribution is 2.13. The molecule has 7 nitrogen and oxygen atoms in total. The first-order chi connectivity index (χ1) is 17.3. The van der Waals surface area contributed by atoms with E-state index in [0.29, 0.717) is 38.4 Å². The highest BCUT2D eigenvalue weighted by molar-refractivity contribution is 5.84. The van der Waals surface area contributed by atoms with Crippen LogP contribution in [0.1, 0.15) is 36.5 Å². The first-order valence-electron chi connectivity index (χ1n) is 12.4. The zero-order chi connectivity index (χ0) is 25.9. The number of amides is 2. The van der Waals surface area contributed by atoms with Gasteiger partial charge in [0.15, 0.2) is 0 Å². The number of morpholine rings is 1. The van der Waals surface area contributed by atoms with Crippen LogP contribution in [-0.4, -0.2) is 66.8 Å². The maximum absolute atomic E-state index is 13.7. The number of benzene rings is 2. The van der Waals surface area contributed by atoms with Gasteiger partial charge in [0.05, 0.1) is 25.4 Å². The summed E-state index contributed by atoms with van der Waals surface area (Å²) in [6, 6.07) is 10.4. The molecule has 2 aromatic rings. The highest BCUT2D eigenvalue weighted by Gasteiger charge is 2.24. The van der Waals surface area contributed by atoms with Gasteiger partial charge in [-0.2, -0.15) is 0 Å². The number of aryl methyl sites for hydroxylation is 1. The molecule has 2 aromatic carbocycles. The molecule has 1 fully saturated rings. The maximum Gasteiger partial charge on any atom is 0.223 e. The standard InChI is InChI=1S/C27H35F2N3O4/c1-2-19-4-3-5-20(12-19)17-30-18-25(33)24(15-21-13-22(28)16-23(29)14-21)31-26(34)6-7-27(35)32-8-10-36-11-9-32/h3-5,12-14,16,24-25,30,33H,2,6-11,15,17-18H2,1H3,(H,31,34)/t24-,25-/m0/s1. The topological polar surface area (TPSA) is 90.9 Å². The van der Waals surface area contributed by atoms with Crippen molar-refractivity contribution in [1.29, 1.82) is 0 Å². The summed E-state index contributed by atoms with van der Waals surface area (Å²) in [5.74, 6) is -1.99. The Bertz CT molecular complexity index is 994. The number of rotatable bonds is 12. The first-order valence-corrected chi connectivity index (χ1v) is 12.4. The van der Waals surface area contributed by atoms with Gasteiger partial charge in [-0.05, 0) is 41.7 Å². The van der Waals surface area contributed by atoms with Crippen LogP contribution in [0, 0.1) is 11.6 Å². The molecule has 36 heavy (non-hydrogen) atoms. The molecule has 0 aromatic heterocycles. The second-order valence-corrected chi connectivity index (χ2v) is 9.02. The second-order valence-electron chi connectivity index (χ2n) is 9.02. The minimum Gasteiger partial charge on any atom is -0.390 e. The molecule has 3 rings (SSSR count). The average molecular weight is 504 g/mol. The molecule has 196 valence electrons. The Labute approximate surface area is 210 Å². The molecule has 3 N–H and O–H groups in total. The van der Waals surface area contributed by atoms with Gasteiger partial charge in [-0.15, -0.1) is 0 Å². The number of nitrogens with one attached hydrogen (secondary N) is 2. The van der Waals surface area contributed by atoms with Crippen LogP contribution in [0.15, 0.2) is 42.5 Å². The zero-order valence-corrected chi connectivity index (χ0v) is 20.6. The molecule has 1 saturated heterocycles. The van der Waals surface area contributed by atoms with Gasteiger partial charge in [-0.25, -0.2) is 8.78 Å². The van der Waals surface area contributed by atoms with Crippen LogP contribution in [0.4, 0.5) is 8.78 Å². The van der Waals surface area contributed by atoms with Crippen molar-refractivity contribution in [2.75, 3.05) is 32.8 Å². The monoisotopic (exact) mass is 503 g/mol. The number of aliphatic hydroxyl groups is 1. The lowest BCUT2D eigenvalue weighted by Gasteiger charge is -2.27. The number of carbonyl (C=O) groups is 2. The Kier molecular flexibility index (Phi) is 10.8. The van der Waals surface area contributed by atoms with Crippen LogP contribution >= 0.6 is 0 Å². The van der Waals surface area contributed by atoms with Crippen molar-refractivity contribution >= 4 is 11.8 Å². The summed E-state index contributed by atoms with van der Waals surface area (Å²) >= 11 is 0. The van der Waals surface area contributed by atoms with Crippen LogP contribution in [0.2, 0.25) is 0 Å². The second kappa shape index (κ2) is 14.0. The summed E-state index contributed by atoms with van der Waals surface area (Å²) in [7, 11) is 0. The van der Waals surface area contributed by atoms with Crippen LogP contribution in [0.5, 0.6) is 0 Å². The number of halogens is 2. The van der Waals surface area contributed by atoms with E-state index < -0.39 is 29.7 Å². The van der Waals surface area contributed by atoms with Crippen LogP contribution in [0.3, 0.4) is 0 Å². The lowest BCUT2D eigenvalue weighted by molar-refractivity contribution is -0.137.